The first kappa shape index (κ1) is 15.5. The molecule has 2 nitrogen and oxygen atoms in total. The highest BCUT2D eigenvalue weighted by Gasteiger charge is 2.10. The van der Waals surface area contributed by atoms with E-state index in [4.69, 9.17) is 4.74 Å². The molecular formula is C21H22O2. The van der Waals surface area contributed by atoms with Crippen LogP contribution in [0, 0.1) is 0 Å². The van der Waals surface area contributed by atoms with Crippen LogP contribution >= 0.6 is 0 Å². The van der Waals surface area contributed by atoms with Crippen molar-refractivity contribution in [1.29, 1.82) is 0 Å². The Morgan fingerprint density at radius 2 is 1.52 bits per heavy atom. The molecule has 2 heteroatoms. The second-order valence-corrected chi connectivity index (χ2v) is 6.28. The maximum Gasteiger partial charge on any atom is 0.333 e. The minimum absolute atomic E-state index is 0.322. The Bertz CT molecular complexity index is 726. The molecule has 2 aromatic rings. The van der Waals surface area contributed by atoms with Gasteiger partial charge in [0.1, 0.15) is 6.61 Å². The van der Waals surface area contributed by atoms with Crippen molar-refractivity contribution >= 4 is 5.97 Å². The van der Waals surface area contributed by atoms with Crippen molar-refractivity contribution in [3.05, 3.63) is 82.4 Å². The maximum atomic E-state index is 11.7. The zero-order valence-corrected chi connectivity index (χ0v) is 13.6. The van der Waals surface area contributed by atoms with E-state index in [-0.39, 0.29) is 5.97 Å². The minimum atomic E-state index is -0.322. The zero-order valence-electron chi connectivity index (χ0n) is 13.6. The van der Waals surface area contributed by atoms with Crippen LogP contribution in [0.1, 0.15) is 34.7 Å². The van der Waals surface area contributed by atoms with Crippen LogP contribution in [0.15, 0.2) is 54.6 Å². The molecule has 0 unspecified atom stereocenters. The van der Waals surface area contributed by atoms with E-state index in [0.29, 0.717) is 12.2 Å². The van der Waals surface area contributed by atoms with Crippen LogP contribution in [0.5, 0.6) is 0 Å². The Labute approximate surface area is 137 Å². The molecule has 0 atom stereocenters. The molecule has 0 aliphatic heterocycles. The number of aryl methyl sites for hydroxylation is 4. The number of ether oxygens (including phenoxy) is 1. The number of carbonyl (C=O) groups excluding carboxylic acids is 1. The lowest BCUT2D eigenvalue weighted by molar-refractivity contribution is -0.140. The Kier molecular flexibility index (Phi) is 4.61. The van der Waals surface area contributed by atoms with Gasteiger partial charge in [0.15, 0.2) is 0 Å². The third-order valence-corrected chi connectivity index (χ3v) is 4.39. The summed E-state index contributed by atoms with van der Waals surface area (Å²) in [6.07, 6.45) is 3.99. The number of benzene rings is 2. The monoisotopic (exact) mass is 306 g/mol. The predicted octanol–water partition coefficient (Wildman–Crippen LogP) is 4.19. The van der Waals surface area contributed by atoms with Crippen LogP contribution in [-0.2, 0) is 41.8 Å². The first-order valence-corrected chi connectivity index (χ1v) is 8.13. The van der Waals surface area contributed by atoms with Crippen molar-refractivity contribution in [2.24, 2.45) is 0 Å². The summed E-state index contributed by atoms with van der Waals surface area (Å²) in [6.45, 7) is 5.64. The smallest absolute Gasteiger partial charge is 0.333 e. The van der Waals surface area contributed by atoms with E-state index >= 15 is 0 Å². The van der Waals surface area contributed by atoms with E-state index in [0.717, 1.165) is 31.2 Å². The number of esters is 1. The molecule has 0 radical (unpaired) electrons. The second kappa shape index (κ2) is 6.82. The lowest BCUT2D eigenvalue weighted by atomic mass is 9.93. The molecule has 118 valence electrons. The molecule has 4 aliphatic carbocycles. The van der Waals surface area contributed by atoms with E-state index in [2.05, 4.69) is 49.0 Å². The highest BCUT2D eigenvalue weighted by Crippen LogP contribution is 2.20. The first-order chi connectivity index (χ1) is 11.1. The van der Waals surface area contributed by atoms with Gasteiger partial charge in [-0.2, -0.15) is 0 Å². The second-order valence-electron chi connectivity index (χ2n) is 6.28. The van der Waals surface area contributed by atoms with Crippen LogP contribution in [-0.4, -0.2) is 5.97 Å². The molecule has 0 saturated carbocycles. The quantitative estimate of drug-likeness (QED) is 0.628. The lowest BCUT2D eigenvalue weighted by Crippen LogP contribution is -2.08. The number of hydrogen-bond donors (Lipinski definition) is 0. The summed E-state index contributed by atoms with van der Waals surface area (Å²) in [5, 5.41) is 0. The highest BCUT2D eigenvalue weighted by atomic mass is 16.5. The van der Waals surface area contributed by atoms with E-state index in [9.17, 15) is 4.79 Å². The van der Waals surface area contributed by atoms with E-state index in [1.165, 1.54) is 22.3 Å². The summed E-state index contributed by atoms with van der Waals surface area (Å²) >= 11 is 0. The van der Waals surface area contributed by atoms with Gasteiger partial charge in [-0.3, -0.25) is 0 Å². The molecule has 4 bridgehead atoms. The third-order valence-electron chi connectivity index (χ3n) is 4.39. The topological polar surface area (TPSA) is 26.3 Å². The summed E-state index contributed by atoms with van der Waals surface area (Å²) in [6, 6.07) is 15.5. The summed E-state index contributed by atoms with van der Waals surface area (Å²) in [5.41, 5.74) is 6.83. The fourth-order valence-electron chi connectivity index (χ4n) is 2.92. The van der Waals surface area contributed by atoms with Gasteiger partial charge in [-0.05, 0) is 60.4 Å². The summed E-state index contributed by atoms with van der Waals surface area (Å²) in [5.74, 6) is -0.322. The van der Waals surface area contributed by atoms with E-state index < -0.39 is 0 Å². The first-order valence-electron chi connectivity index (χ1n) is 8.13. The summed E-state index contributed by atoms with van der Waals surface area (Å²) in [7, 11) is 0. The van der Waals surface area contributed by atoms with Crippen LogP contribution < -0.4 is 0 Å². The molecule has 0 N–H and O–H groups in total. The number of hydrogen-bond acceptors (Lipinski definition) is 2. The SMILES string of the molecule is C=C(C)C(=O)OCc1cc2ccc1CCc1ccc(cc1)CC2. The van der Waals surface area contributed by atoms with E-state index in [1.807, 2.05) is 0 Å². The molecule has 2 aromatic carbocycles. The minimum Gasteiger partial charge on any atom is -0.457 e. The Morgan fingerprint density at radius 1 is 0.957 bits per heavy atom. The molecule has 0 heterocycles. The van der Waals surface area contributed by atoms with Crippen molar-refractivity contribution in [2.45, 2.75) is 39.2 Å². The molecule has 0 spiro atoms. The fraction of sp³-hybridized carbons (Fsp3) is 0.286. The Balaban J connectivity index is 1.84. The van der Waals surface area contributed by atoms with Gasteiger partial charge in [-0.25, -0.2) is 4.79 Å². The molecule has 6 rings (SSSR count). The summed E-state index contributed by atoms with van der Waals surface area (Å²) < 4.78 is 5.37. The van der Waals surface area contributed by atoms with E-state index in [1.54, 1.807) is 6.92 Å². The van der Waals surface area contributed by atoms with Crippen LogP contribution in [0.4, 0.5) is 0 Å². The van der Waals surface area contributed by atoms with Crippen molar-refractivity contribution < 1.29 is 9.53 Å². The Morgan fingerprint density at radius 3 is 2.17 bits per heavy atom. The molecule has 0 aromatic heterocycles. The van der Waals surface area contributed by atoms with Crippen molar-refractivity contribution in [2.75, 3.05) is 0 Å². The molecule has 23 heavy (non-hydrogen) atoms. The van der Waals surface area contributed by atoms with Gasteiger partial charge in [0.25, 0.3) is 0 Å². The Hall–Kier alpha value is -2.35. The maximum absolute atomic E-state index is 11.7. The highest BCUT2D eigenvalue weighted by molar-refractivity contribution is 5.86. The standard InChI is InChI=1S/C21H22O2/c1-15(2)21(22)23-14-20-13-18-8-7-16-3-5-17(6-4-16)9-11-19(20)12-10-18/h3-6,10,12-13H,1,7-9,11,14H2,2H3. The molecule has 4 aliphatic rings. The van der Waals surface area contributed by atoms with Gasteiger partial charge in [-0.1, -0.05) is 49.0 Å². The van der Waals surface area contributed by atoms with Crippen molar-refractivity contribution in [3.63, 3.8) is 0 Å². The predicted molar refractivity (Wildman–Crippen MR) is 92.3 cm³/mol. The van der Waals surface area contributed by atoms with Crippen LogP contribution in [0.3, 0.4) is 0 Å². The van der Waals surface area contributed by atoms with Crippen LogP contribution in [0.2, 0.25) is 0 Å². The molecule has 0 fully saturated rings. The fourth-order valence-corrected chi connectivity index (χ4v) is 2.92. The van der Waals surface area contributed by atoms with Crippen molar-refractivity contribution in [3.8, 4) is 0 Å². The summed E-state index contributed by atoms with van der Waals surface area (Å²) in [4.78, 5) is 11.7. The van der Waals surface area contributed by atoms with Crippen molar-refractivity contribution in [1.82, 2.24) is 0 Å². The van der Waals surface area contributed by atoms with Gasteiger partial charge in [0.05, 0.1) is 0 Å². The lowest BCUT2D eigenvalue weighted by Gasteiger charge is -2.14. The van der Waals surface area contributed by atoms with Crippen LogP contribution in [0.25, 0.3) is 0 Å². The third kappa shape index (κ3) is 3.89. The van der Waals surface area contributed by atoms with Gasteiger partial charge in [0, 0.05) is 5.57 Å². The largest absolute Gasteiger partial charge is 0.457 e. The molecular weight excluding hydrogens is 284 g/mol. The number of rotatable bonds is 3. The van der Waals surface area contributed by atoms with Gasteiger partial charge in [0.2, 0.25) is 0 Å². The van der Waals surface area contributed by atoms with Gasteiger partial charge in [-0.15, -0.1) is 0 Å². The normalized spacial score (nSPS) is 13.3. The number of carbonyl (C=O) groups is 1. The molecule has 0 amide bonds. The zero-order chi connectivity index (χ0) is 16.2. The molecule has 0 saturated heterocycles. The average molecular weight is 306 g/mol. The van der Waals surface area contributed by atoms with Gasteiger partial charge >= 0.3 is 5.97 Å². The average Bonchev–Trinajstić information content (AvgIpc) is 2.55. The van der Waals surface area contributed by atoms with Gasteiger partial charge < -0.3 is 4.74 Å².